The summed E-state index contributed by atoms with van der Waals surface area (Å²) in [7, 11) is 1.95. The van der Waals surface area contributed by atoms with Crippen molar-refractivity contribution >= 4 is 0 Å². The summed E-state index contributed by atoms with van der Waals surface area (Å²) < 4.78 is 7.42. The SMILES string of the molecule is CC(CO)CNC(c1ccco1)c1nccn1C. The third-order valence-corrected chi connectivity index (χ3v) is 2.93. The fourth-order valence-corrected chi connectivity index (χ4v) is 1.81. The highest BCUT2D eigenvalue weighted by Crippen LogP contribution is 2.20. The molecule has 18 heavy (non-hydrogen) atoms. The fraction of sp³-hybridized carbons (Fsp3) is 0.462. The monoisotopic (exact) mass is 249 g/mol. The van der Waals surface area contributed by atoms with E-state index in [4.69, 9.17) is 9.52 Å². The first-order valence-electron chi connectivity index (χ1n) is 6.07. The average Bonchev–Trinajstić information content (AvgIpc) is 3.02. The van der Waals surface area contributed by atoms with Crippen LogP contribution in [0, 0.1) is 5.92 Å². The largest absolute Gasteiger partial charge is 0.467 e. The van der Waals surface area contributed by atoms with Crippen molar-refractivity contribution in [2.24, 2.45) is 13.0 Å². The second kappa shape index (κ2) is 5.84. The molecule has 5 heteroatoms. The van der Waals surface area contributed by atoms with E-state index >= 15 is 0 Å². The first-order chi connectivity index (χ1) is 8.72. The Balaban J connectivity index is 2.17. The molecule has 0 saturated heterocycles. The quantitative estimate of drug-likeness (QED) is 0.810. The molecule has 0 radical (unpaired) electrons. The van der Waals surface area contributed by atoms with Gasteiger partial charge in [0, 0.05) is 32.6 Å². The molecule has 2 unspecified atom stereocenters. The van der Waals surface area contributed by atoms with Crippen LogP contribution in [0.25, 0.3) is 0 Å². The highest BCUT2D eigenvalue weighted by Gasteiger charge is 2.20. The second-order valence-electron chi connectivity index (χ2n) is 4.54. The molecule has 2 rings (SSSR count). The highest BCUT2D eigenvalue weighted by molar-refractivity contribution is 5.15. The Morgan fingerprint density at radius 3 is 2.94 bits per heavy atom. The molecule has 5 nitrogen and oxygen atoms in total. The first-order valence-corrected chi connectivity index (χ1v) is 6.07. The van der Waals surface area contributed by atoms with Crippen molar-refractivity contribution < 1.29 is 9.52 Å². The number of aryl methyl sites for hydroxylation is 1. The average molecular weight is 249 g/mol. The molecule has 0 aliphatic rings. The summed E-state index contributed by atoms with van der Waals surface area (Å²) in [4.78, 5) is 4.35. The maximum Gasteiger partial charge on any atom is 0.133 e. The number of hydrogen-bond acceptors (Lipinski definition) is 4. The number of nitrogens with one attached hydrogen (secondary N) is 1. The Morgan fingerprint density at radius 2 is 2.39 bits per heavy atom. The fourth-order valence-electron chi connectivity index (χ4n) is 1.81. The van der Waals surface area contributed by atoms with Crippen molar-refractivity contribution in [3.63, 3.8) is 0 Å². The molecular formula is C13H19N3O2. The Morgan fingerprint density at radius 1 is 1.56 bits per heavy atom. The number of aliphatic hydroxyl groups excluding tert-OH is 1. The van der Waals surface area contributed by atoms with Gasteiger partial charge in [0.2, 0.25) is 0 Å². The molecular weight excluding hydrogens is 230 g/mol. The van der Waals surface area contributed by atoms with Crippen molar-refractivity contribution in [3.05, 3.63) is 42.4 Å². The van der Waals surface area contributed by atoms with Crippen molar-refractivity contribution in [3.8, 4) is 0 Å². The zero-order valence-corrected chi connectivity index (χ0v) is 10.7. The van der Waals surface area contributed by atoms with Crippen LogP contribution in [0.5, 0.6) is 0 Å². The van der Waals surface area contributed by atoms with Gasteiger partial charge in [0.05, 0.1) is 6.26 Å². The molecule has 2 N–H and O–H groups in total. The van der Waals surface area contributed by atoms with E-state index in [0.29, 0.717) is 6.54 Å². The van der Waals surface area contributed by atoms with Crippen LogP contribution in [0.4, 0.5) is 0 Å². The van der Waals surface area contributed by atoms with Crippen molar-refractivity contribution in [2.75, 3.05) is 13.2 Å². The summed E-state index contributed by atoms with van der Waals surface area (Å²) in [5.74, 6) is 1.92. The Labute approximate surface area is 106 Å². The highest BCUT2D eigenvalue weighted by atomic mass is 16.3. The minimum Gasteiger partial charge on any atom is -0.467 e. The number of aliphatic hydroxyl groups is 1. The van der Waals surface area contributed by atoms with Gasteiger partial charge >= 0.3 is 0 Å². The summed E-state index contributed by atoms with van der Waals surface area (Å²) in [6.07, 6.45) is 5.33. The molecule has 0 saturated carbocycles. The molecule has 2 aromatic rings. The standard InChI is InChI=1S/C13H19N3O2/c1-10(9-17)8-15-12(11-4-3-7-18-11)13-14-5-6-16(13)2/h3-7,10,12,15,17H,8-9H2,1-2H3. The number of rotatable bonds is 6. The molecule has 98 valence electrons. The van der Waals surface area contributed by atoms with Gasteiger partial charge in [0.25, 0.3) is 0 Å². The van der Waals surface area contributed by atoms with Crippen LogP contribution in [-0.4, -0.2) is 27.8 Å². The van der Waals surface area contributed by atoms with Crippen LogP contribution in [0.15, 0.2) is 35.2 Å². The minimum atomic E-state index is -0.0889. The first kappa shape index (κ1) is 12.9. The van der Waals surface area contributed by atoms with Gasteiger partial charge < -0.3 is 19.4 Å². The Kier molecular flexibility index (Phi) is 4.17. The molecule has 0 fully saturated rings. The van der Waals surface area contributed by atoms with E-state index in [9.17, 15) is 0 Å². The van der Waals surface area contributed by atoms with Crippen molar-refractivity contribution in [1.29, 1.82) is 0 Å². The predicted octanol–water partition coefficient (Wildman–Crippen LogP) is 1.32. The van der Waals surface area contributed by atoms with Crippen LogP contribution in [0.3, 0.4) is 0 Å². The lowest BCUT2D eigenvalue weighted by molar-refractivity contribution is 0.229. The molecule has 0 aliphatic carbocycles. The minimum absolute atomic E-state index is 0.0889. The topological polar surface area (TPSA) is 63.2 Å². The maximum absolute atomic E-state index is 9.08. The van der Waals surface area contributed by atoms with E-state index < -0.39 is 0 Å². The van der Waals surface area contributed by atoms with Crippen LogP contribution in [0.1, 0.15) is 24.6 Å². The lowest BCUT2D eigenvalue weighted by atomic mass is 10.1. The smallest absolute Gasteiger partial charge is 0.133 e. The van der Waals surface area contributed by atoms with Crippen molar-refractivity contribution in [2.45, 2.75) is 13.0 Å². The van der Waals surface area contributed by atoms with Gasteiger partial charge in [-0.15, -0.1) is 0 Å². The lowest BCUT2D eigenvalue weighted by Gasteiger charge is -2.18. The molecule has 0 aromatic carbocycles. The molecule has 0 aliphatic heterocycles. The molecule has 2 heterocycles. The second-order valence-corrected chi connectivity index (χ2v) is 4.54. The summed E-state index contributed by atoms with van der Waals surface area (Å²) in [6.45, 7) is 2.86. The number of aromatic nitrogens is 2. The van der Waals surface area contributed by atoms with Crippen LogP contribution >= 0.6 is 0 Å². The van der Waals surface area contributed by atoms with Crippen molar-refractivity contribution in [1.82, 2.24) is 14.9 Å². The van der Waals surface area contributed by atoms with Gasteiger partial charge in [-0.3, -0.25) is 0 Å². The van der Waals surface area contributed by atoms with E-state index in [1.54, 1.807) is 12.5 Å². The Hall–Kier alpha value is -1.59. The van der Waals surface area contributed by atoms with E-state index in [-0.39, 0.29) is 18.6 Å². The van der Waals surface area contributed by atoms with Gasteiger partial charge in [-0.05, 0) is 18.1 Å². The predicted molar refractivity (Wildman–Crippen MR) is 68.0 cm³/mol. The zero-order chi connectivity index (χ0) is 13.0. The zero-order valence-electron chi connectivity index (χ0n) is 10.7. The normalized spacial score (nSPS) is 14.6. The summed E-state index contributed by atoms with van der Waals surface area (Å²) >= 11 is 0. The summed E-state index contributed by atoms with van der Waals surface area (Å²) in [5.41, 5.74) is 0. The number of hydrogen-bond donors (Lipinski definition) is 2. The molecule has 2 aromatic heterocycles. The molecule has 0 spiro atoms. The Bertz CT molecular complexity index is 464. The van der Waals surface area contributed by atoms with E-state index in [1.165, 1.54) is 0 Å². The third-order valence-electron chi connectivity index (χ3n) is 2.93. The molecule has 0 bridgehead atoms. The van der Waals surface area contributed by atoms with E-state index in [2.05, 4.69) is 10.3 Å². The van der Waals surface area contributed by atoms with Gasteiger partial charge in [-0.25, -0.2) is 4.98 Å². The van der Waals surface area contributed by atoms with Gasteiger partial charge in [-0.2, -0.15) is 0 Å². The third kappa shape index (κ3) is 2.80. The molecule has 2 atom stereocenters. The lowest BCUT2D eigenvalue weighted by Crippen LogP contribution is -2.30. The van der Waals surface area contributed by atoms with E-state index in [0.717, 1.165) is 11.6 Å². The van der Waals surface area contributed by atoms with Gasteiger partial charge in [0.15, 0.2) is 0 Å². The van der Waals surface area contributed by atoms with E-state index in [1.807, 2.05) is 36.9 Å². The van der Waals surface area contributed by atoms with Crippen LogP contribution in [-0.2, 0) is 7.05 Å². The number of nitrogens with zero attached hydrogens (tertiary/aromatic N) is 2. The maximum atomic E-state index is 9.08. The summed E-state index contributed by atoms with van der Waals surface area (Å²) in [5, 5.41) is 12.5. The van der Waals surface area contributed by atoms with Crippen LogP contribution < -0.4 is 5.32 Å². The molecule has 0 amide bonds. The number of furan rings is 1. The van der Waals surface area contributed by atoms with Gasteiger partial charge in [0.1, 0.15) is 17.6 Å². The summed E-state index contributed by atoms with van der Waals surface area (Å²) in [6, 6.07) is 3.70. The van der Waals surface area contributed by atoms with Crippen LogP contribution in [0.2, 0.25) is 0 Å². The number of imidazole rings is 1. The van der Waals surface area contributed by atoms with Gasteiger partial charge in [-0.1, -0.05) is 6.92 Å².